The molecule has 2 rings (SSSR count). The molecule has 1 fully saturated rings. The molecule has 0 spiro atoms. The minimum Gasteiger partial charge on any atom is -0.490 e. The second-order valence-electron chi connectivity index (χ2n) is 5.39. The van der Waals surface area contributed by atoms with Crippen LogP contribution in [0.1, 0.15) is 50.2 Å². The molecule has 0 heterocycles. The highest BCUT2D eigenvalue weighted by molar-refractivity contribution is 5.40. The van der Waals surface area contributed by atoms with Gasteiger partial charge in [0, 0.05) is 5.56 Å². The maximum Gasteiger partial charge on any atom is 0.128 e. The van der Waals surface area contributed by atoms with E-state index < -0.39 is 0 Å². The predicted octanol–water partition coefficient (Wildman–Crippen LogP) is 3.83. The van der Waals surface area contributed by atoms with Gasteiger partial charge in [0.2, 0.25) is 0 Å². The lowest BCUT2D eigenvalue weighted by molar-refractivity contribution is 0.125. The van der Waals surface area contributed by atoms with Gasteiger partial charge in [-0.1, -0.05) is 31.5 Å². The Kier molecular flexibility index (Phi) is 4.65. The average Bonchev–Trinajstić information content (AvgIpc) is 2.42. The number of aliphatic hydroxyl groups is 1. The molecule has 2 heteroatoms. The summed E-state index contributed by atoms with van der Waals surface area (Å²) in [6, 6.07) is 5.97. The minimum absolute atomic E-state index is 0.0569. The van der Waals surface area contributed by atoms with Crippen LogP contribution >= 0.6 is 0 Å². The highest BCUT2D eigenvalue weighted by Gasteiger charge is 2.22. The maximum absolute atomic E-state index is 9.37. The molecule has 0 aromatic heterocycles. The molecule has 0 bridgehead atoms. The Morgan fingerprint density at radius 2 is 1.94 bits per heavy atom. The molecule has 2 nitrogen and oxygen atoms in total. The number of ether oxygens (including phenoxy) is 1. The van der Waals surface area contributed by atoms with Crippen LogP contribution in [0.25, 0.3) is 0 Å². The smallest absolute Gasteiger partial charge is 0.128 e. The second-order valence-corrected chi connectivity index (χ2v) is 5.39. The Morgan fingerprint density at radius 1 is 1.22 bits per heavy atom. The first-order valence-electron chi connectivity index (χ1n) is 7.10. The van der Waals surface area contributed by atoms with Crippen molar-refractivity contribution in [3.8, 4) is 5.75 Å². The fraction of sp³-hybridized carbons (Fsp3) is 0.625. The van der Waals surface area contributed by atoms with Crippen LogP contribution in [-0.4, -0.2) is 11.2 Å². The number of aryl methyl sites for hydroxylation is 1. The molecule has 1 N–H and O–H groups in total. The number of rotatable bonds is 4. The van der Waals surface area contributed by atoms with Gasteiger partial charge in [0.05, 0.1) is 12.7 Å². The standard InChI is InChI=1S/C16H24O2/c1-3-13-7-9-15(10-8-13)18-16-12(2)5-4-6-14(16)11-17/h4-6,13,15,17H,3,7-11H2,1-2H3. The summed E-state index contributed by atoms with van der Waals surface area (Å²) in [5.41, 5.74) is 2.03. The quantitative estimate of drug-likeness (QED) is 0.877. The first-order valence-corrected chi connectivity index (χ1v) is 7.10. The van der Waals surface area contributed by atoms with Crippen molar-refractivity contribution in [2.24, 2.45) is 5.92 Å². The maximum atomic E-state index is 9.37. The van der Waals surface area contributed by atoms with Crippen LogP contribution in [0.15, 0.2) is 18.2 Å². The van der Waals surface area contributed by atoms with Crippen molar-refractivity contribution >= 4 is 0 Å². The van der Waals surface area contributed by atoms with Crippen LogP contribution in [0.2, 0.25) is 0 Å². The Morgan fingerprint density at radius 3 is 2.56 bits per heavy atom. The van der Waals surface area contributed by atoms with Gasteiger partial charge in [-0.05, 0) is 44.1 Å². The summed E-state index contributed by atoms with van der Waals surface area (Å²) in [6.45, 7) is 4.38. The number of hydrogen-bond donors (Lipinski definition) is 1. The first kappa shape index (κ1) is 13.4. The first-order chi connectivity index (χ1) is 8.74. The van der Waals surface area contributed by atoms with Crippen LogP contribution in [0, 0.1) is 12.8 Å². The lowest BCUT2D eigenvalue weighted by Crippen LogP contribution is -2.24. The third kappa shape index (κ3) is 3.05. The molecule has 0 unspecified atom stereocenters. The van der Waals surface area contributed by atoms with E-state index in [1.165, 1.54) is 19.3 Å². The largest absolute Gasteiger partial charge is 0.490 e. The third-order valence-corrected chi connectivity index (χ3v) is 4.12. The Labute approximate surface area is 110 Å². The van der Waals surface area contributed by atoms with E-state index in [2.05, 4.69) is 6.92 Å². The highest BCUT2D eigenvalue weighted by Crippen LogP contribution is 2.32. The molecule has 0 aliphatic heterocycles. The summed E-state index contributed by atoms with van der Waals surface area (Å²) in [4.78, 5) is 0. The van der Waals surface area contributed by atoms with Crippen LogP contribution in [-0.2, 0) is 6.61 Å². The molecule has 0 radical (unpaired) electrons. The van der Waals surface area contributed by atoms with Crippen molar-refractivity contribution in [2.45, 2.75) is 58.7 Å². The van der Waals surface area contributed by atoms with Gasteiger partial charge in [0.1, 0.15) is 5.75 Å². The molecular weight excluding hydrogens is 224 g/mol. The summed E-state index contributed by atoms with van der Waals surface area (Å²) in [7, 11) is 0. The fourth-order valence-corrected chi connectivity index (χ4v) is 2.83. The summed E-state index contributed by atoms with van der Waals surface area (Å²) in [5.74, 6) is 1.79. The van der Waals surface area contributed by atoms with E-state index in [9.17, 15) is 5.11 Å². The van der Waals surface area contributed by atoms with Gasteiger partial charge in [0.25, 0.3) is 0 Å². The topological polar surface area (TPSA) is 29.5 Å². The molecule has 1 aliphatic rings. The van der Waals surface area contributed by atoms with Crippen molar-refractivity contribution in [2.75, 3.05) is 0 Å². The van der Waals surface area contributed by atoms with Gasteiger partial charge in [-0.25, -0.2) is 0 Å². The summed E-state index contributed by atoms with van der Waals surface area (Å²) in [6.07, 6.45) is 6.48. The molecule has 1 aliphatic carbocycles. The highest BCUT2D eigenvalue weighted by atomic mass is 16.5. The number of para-hydroxylation sites is 1. The zero-order valence-corrected chi connectivity index (χ0v) is 11.5. The normalized spacial score (nSPS) is 23.9. The fourth-order valence-electron chi connectivity index (χ4n) is 2.83. The third-order valence-electron chi connectivity index (χ3n) is 4.12. The minimum atomic E-state index is 0.0569. The number of aliphatic hydroxyl groups excluding tert-OH is 1. The van der Waals surface area contributed by atoms with E-state index in [0.29, 0.717) is 6.10 Å². The van der Waals surface area contributed by atoms with Gasteiger partial charge < -0.3 is 9.84 Å². The Hall–Kier alpha value is -1.02. The van der Waals surface area contributed by atoms with E-state index >= 15 is 0 Å². The van der Waals surface area contributed by atoms with Crippen molar-refractivity contribution in [1.29, 1.82) is 0 Å². The zero-order valence-electron chi connectivity index (χ0n) is 11.5. The van der Waals surface area contributed by atoms with E-state index in [1.807, 2.05) is 25.1 Å². The Balaban J connectivity index is 2.02. The van der Waals surface area contributed by atoms with Crippen LogP contribution < -0.4 is 4.74 Å². The van der Waals surface area contributed by atoms with Crippen LogP contribution in [0.3, 0.4) is 0 Å². The number of benzene rings is 1. The van der Waals surface area contributed by atoms with Gasteiger partial charge in [-0.3, -0.25) is 0 Å². The molecule has 0 amide bonds. The lowest BCUT2D eigenvalue weighted by atomic mass is 9.86. The lowest BCUT2D eigenvalue weighted by Gasteiger charge is -2.29. The van der Waals surface area contributed by atoms with Gasteiger partial charge in [-0.2, -0.15) is 0 Å². The zero-order chi connectivity index (χ0) is 13.0. The molecule has 1 saturated carbocycles. The van der Waals surface area contributed by atoms with E-state index in [1.54, 1.807) is 0 Å². The molecule has 0 saturated heterocycles. The van der Waals surface area contributed by atoms with Gasteiger partial charge >= 0.3 is 0 Å². The van der Waals surface area contributed by atoms with Crippen LogP contribution in [0.5, 0.6) is 5.75 Å². The predicted molar refractivity (Wildman–Crippen MR) is 73.8 cm³/mol. The Bertz CT molecular complexity index is 379. The molecular formula is C16H24O2. The second kappa shape index (κ2) is 6.24. The van der Waals surface area contributed by atoms with E-state index in [0.717, 1.165) is 35.6 Å². The van der Waals surface area contributed by atoms with Gasteiger partial charge in [-0.15, -0.1) is 0 Å². The monoisotopic (exact) mass is 248 g/mol. The molecule has 18 heavy (non-hydrogen) atoms. The molecule has 100 valence electrons. The molecule has 0 atom stereocenters. The van der Waals surface area contributed by atoms with Gasteiger partial charge in [0.15, 0.2) is 0 Å². The van der Waals surface area contributed by atoms with E-state index in [4.69, 9.17) is 4.74 Å². The molecule has 1 aromatic rings. The summed E-state index contributed by atoms with van der Waals surface area (Å²) < 4.78 is 6.14. The van der Waals surface area contributed by atoms with Crippen molar-refractivity contribution in [3.05, 3.63) is 29.3 Å². The van der Waals surface area contributed by atoms with Crippen LogP contribution in [0.4, 0.5) is 0 Å². The summed E-state index contributed by atoms with van der Waals surface area (Å²) >= 11 is 0. The van der Waals surface area contributed by atoms with Crippen molar-refractivity contribution in [1.82, 2.24) is 0 Å². The van der Waals surface area contributed by atoms with Crippen molar-refractivity contribution in [3.63, 3.8) is 0 Å². The number of hydrogen-bond acceptors (Lipinski definition) is 2. The summed E-state index contributed by atoms with van der Waals surface area (Å²) in [5, 5.41) is 9.37. The van der Waals surface area contributed by atoms with E-state index in [-0.39, 0.29) is 6.61 Å². The average molecular weight is 248 g/mol. The molecule has 1 aromatic carbocycles. The van der Waals surface area contributed by atoms with Crippen molar-refractivity contribution < 1.29 is 9.84 Å². The SMILES string of the molecule is CCC1CCC(Oc2c(C)cccc2CO)CC1.